The van der Waals surface area contributed by atoms with Crippen molar-refractivity contribution in [3.63, 3.8) is 0 Å². The third kappa shape index (κ3) is 3.72. The van der Waals surface area contributed by atoms with Crippen molar-refractivity contribution < 1.29 is 26.1 Å². The lowest BCUT2D eigenvalue weighted by molar-refractivity contribution is -0.289. The number of halogens is 5. The predicted molar refractivity (Wildman–Crippen MR) is 101 cm³/mol. The molecule has 0 fully saturated rings. The Morgan fingerprint density at radius 1 is 1.03 bits per heavy atom. The van der Waals surface area contributed by atoms with Gasteiger partial charge in [0.05, 0.1) is 23.9 Å². The van der Waals surface area contributed by atoms with Crippen LogP contribution in [0.3, 0.4) is 0 Å². The van der Waals surface area contributed by atoms with Crippen LogP contribution in [0.25, 0.3) is 27.2 Å². The lowest BCUT2D eigenvalue weighted by Gasteiger charge is -2.22. The molecule has 0 aliphatic carbocycles. The van der Waals surface area contributed by atoms with Crippen LogP contribution in [0, 0.1) is 24.8 Å². The third-order valence-electron chi connectivity index (χ3n) is 4.34. The molecule has 30 heavy (non-hydrogen) atoms. The Balaban J connectivity index is 2.22. The summed E-state index contributed by atoms with van der Waals surface area (Å²) in [5.41, 5.74) is -1.80. The van der Waals surface area contributed by atoms with Crippen LogP contribution in [-0.4, -0.2) is 11.2 Å². The highest BCUT2D eigenvalue weighted by Crippen LogP contribution is 2.45. The van der Waals surface area contributed by atoms with Crippen LogP contribution >= 0.6 is 0 Å². The zero-order valence-corrected chi connectivity index (χ0v) is 14.9. The highest BCUT2D eigenvalue weighted by Gasteiger charge is 2.59. The lowest BCUT2D eigenvalue weighted by atomic mass is 9.95. The second-order valence-electron chi connectivity index (χ2n) is 6.22. The minimum atomic E-state index is -6.02. The van der Waals surface area contributed by atoms with Crippen LogP contribution in [0.2, 0.25) is 0 Å². The van der Waals surface area contributed by atoms with Crippen molar-refractivity contribution in [2.45, 2.75) is 19.0 Å². The Morgan fingerprint density at radius 2 is 1.70 bits per heavy atom. The van der Waals surface area contributed by atoms with E-state index in [0.29, 0.717) is 29.1 Å². The normalized spacial score (nSPS) is 13.5. The van der Waals surface area contributed by atoms with Gasteiger partial charge < -0.3 is 0 Å². The molecule has 3 rings (SSSR count). The van der Waals surface area contributed by atoms with Gasteiger partial charge in [-0.05, 0) is 41.7 Å². The second-order valence-corrected chi connectivity index (χ2v) is 6.22. The largest absolute Gasteiger partial charge is 0.458 e. The molecule has 0 saturated heterocycles. The summed E-state index contributed by atoms with van der Waals surface area (Å²) in [6, 6.07) is 12.5. The first-order valence-electron chi connectivity index (χ1n) is 9.77. The molecule has 0 unspecified atom stereocenters. The molecule has 3 aromatic rings. The van der Waals surface area contributed by atoms with E-state index in [9.17, 15) is 27.2 Å². The van der Waals surface area contributed by atoms with Crippen molar-refractivity contribution in [2.24, 2.45) is 0 Å². The fraction of sp³-hybridized carbons (Fsp3) is 0.136. The summed E-state index contributed by atoms with van der Waals surface area (Å²) >= 11 is 0. The molecule has 1 heterocycles. The molecule has 0 spiro atoms. The number of benzene rings is 2. The van der Waals surface area contributed by atoms with Crippen LogP contribution < -0.4 is 0 Å². The molecule has 0 aliphatic rings. The van der Waals surface area contributed by atoms with Crippen LogP contribution in [0.15, 0.2) is 54.7 Å². The van der Waals surface area contributed by atoms with Crippen molar-refractivity contribution in [1.82, 2.24) is 4.98 Å². The van der Waals surface area contributed by atoms with E-state index >= 15 is 0 Å². The molecule has 1 aromatic heterocycles. The Kier molecular flexibility index (Phi) is 4.32. The molecule has 0 amide bonds. The number of hydrogen-bond donors (Lipinski definition) is 0. The van der Waals surface area contributed by atoms with Crippen LogP contribution in [-0.2, 0) is 5.92 Å². The first-order valence-corrected chi connectivity index (χ1v) is 8.27. The zero-order valence-electron chi connectivity index (χ0n) is 17.9. The van der Waals surface area contributed by atoms with Gasteiger partial charge in [0.1, 0.15) is 0 Å². The number of aromatic nitrogens is 1. The summed E-state index contributed by atoms with van der Waals surface area (Å²) in [6.45, 7) is 3.75. The molecule has 150 valence electrons. The van der Waals surface area contributed by atoms with E-state index in [2.05, 4.69) is 9.83 Å². The van der Waals surface area contributed by atoms with Crippen molar-refractivity contribution in [3.05, 3.63) is 82.8 Å². The maximum absolute atomic E-state index is 14.2. The quantitative estimate of drug-likeness (QED) is 0.348. The molecule has 0 aliphatic heterocycles. The number of nitriles is 1. The number of rotatable bonds is 3. The summed E-state index contributed by atoms with van der Waals surface area (Å²) in [7, 11) is 0. The SMILES string of the molecule is [2H]C([2H])([2H])c1cnc(-c2ccc(C#N)c(-c3ccc([N+]#[C-])cc3)c2)cc1C(F)(F)C(F)(F)F. The number of nitrogens with zero attached hydrogens (tertiary/aromatic N) is 3. The zero-order chi connectivity index (χ0) is 24.6. The van der Waals surface area contributed by atoms with Crippen molar-refractivity contribution in [2.75, 3.05) is 0 Å². The van der Waals surface area contributed by atoms with Gasteiger partial charge in [-0.15, -0.1) is 0 Å². The highest BCUT2D eigenvalue weighted by atomic mass is 19.4. The fourth-order valence-corrected chi connectivity index (χ4v) is 2.78. The average molecular weight is 416 g/mol. The van der Waals surface area contributed by atoms with Gasteiger partial charge in [-0.2, -0.15) is 27.2 Å². The van der Waals surface area contributed by atoms with Gasteiger partial charge in [0.25, 0.3) is 0 Å². The Morgan fingerprint density at radius 3 is 2.27 bits per heavy atom. The summed E-state index contributed by atoms with van der Waals surface area (Å²) < 4.78 is 89.6. The lowest BCUT2D eigenvalue weighted by Crippen LogP contribution is -2.34. The van der Waals surface area contributed by atoms with Crippen molar-refractivity contribution >= 4 is 5.69 Å². The van der Waals surface area contributed by atoms with E-state index in [4.69, 9.17) is 10.7 Å². The first-order chi connectivity index (χ1) is 15.3. The van der Waals surface area contributed by atoms with Gasteiger partial charge in [0.15, 0.2) is 5.69 Å². The van der Waals surface area contributed by atoms with Crippen molar-refractivity contribution in [1.29, 1.82) is 5.26 Å². The molecular formula is C22H12F5N3. The van der Waals surface area contributed by atoms with E-state index in [1.165, 1.54) is 30.3 Å². The molecule has 0 atom stereocenters. The minimum Gasteiger partial charge on any atom is -0.256 e. The molecule has 2 aromatic carbocycles. The van der Waals surface area contributed by atoms with E-state index < -0.39 is 30.1 Å². The van der Waals surface area contributed by atoms with E-state index in [0.717, 1.165) is 0 Å². The molecule has 0 N–H and O–H groups in total. The van der Waals surface area contributed by atoms with Crippen LogP contribution in [0.4, 0.5) is 27.6 Å². The Hall–Kier alpha value is -3.78. The number of pyridine rings is 1. The Labute approximate surface area is 173 Å². The summed E-state index contributed by atoms with van der Waals surface area (Å²) in [6.07, 6.45) is -5.54. The third-order valence-corrected chi connectivity index (χ3v) is 4.34. The summed E-state index contributed by atoms with van der Waals surface area (Å²) in [4.78, 5) is 7.07. The number of aryl methyl sites for hydroxylation is 1. The van der Waals surface area contributed by atoms with Gasteiger partial charge in [-0.25, -0.2) is 4.85 Å². The molecular weight excluding hydrogens is 401 g/mol. The van der Waals surface area contributed by atoms with E-state index in [1.54, 1.807) is 12.1 Å². The smallest absolute Gasteiger partial charge is 0.256 e. The summed E-state index contributed by atoms with van der Waals surface area (Å²) in [5, 5.41) is 9.41. The first kappa shape index (κ1) is 17.1. The molecule has 0 radical (unpaired) electrons. The monoisotopic (exact) mass is 416 g/mol. The van der Waals surface area contributed by atoms with Gasteiger partial charge in [0, 0.05) is 21.4 Å². The van der Waals surface area contributed by atoms with Gasteiger partial charge in [-0.1, -0.05) is 30.3 Å². The van der Waals surface area contributed by atoms with Gasteiger partial charge in [-0.3, -0.25) is 4.98 Å². The number of alkyl halides is 5. The fourth-order valence-electron chi connectivity index (χ4n) is 2.78. The average Bonchev–Trinajstić information content (AvgIpc) is 2.77. The maximum Gasteiger partial charge on any atom is 0.458 e. The van der Waals surface area contributed by atoms with Crippen LogP contribution in [0.5, 0.6) is 0 Å². The second kappa shape index (κ2) is 7.57. The highest BCUT2D eigenvalue weighted by molar-refractivity contribution is 5.77. The van der Waals surface area contributed by atoms with E-state index in [-0.39, 0.29) is 16.8 Å². The summed E-state index contributed by atoms with van der Waals surface area (Å²) in [5.74, 6) is -5.43. The molecule has 0 saturated carbocycles. The maximum atomic E-state index is 14.2. The Bertz CT molecular complexity index is 1290. The molecule has 8 heteroatoms. The predicted octanol–water partition coefficient (Wildman–Crippen LogP) is 6.80. The number of hydrogen-bond acceptors (Lipinski definition) is 2. The van der Waals surface area contributed by atoms with Gasteiger partial charge >= 0.3 is 12.1 Å². The minimum absolute atomic E-state index is 0.0922. The molecule has 3 nitrogen and oxygen atoms in total. The standard InChI is InChI=1S/C22H12F5N3/c1-13-12-30-20(10-19(13)21(23,24)22(25,26)27)15-3-4-16(11-28)18(9-15)14-5-7-17(29-2)8-6-14/h3-10,12H,1H3/i1D3. The van der Waals surface area contributed by atoms with Crippen LogP contribution in [0.1, 0.15) is 20.8 Å². The van der Waals surface area contributed by atoms with Crippen molar-refractivity contribution in [3.8, 4) is 28.5 Å². The van der Waals surface area contributed by atoms with E-state index in [1.807, 2.05) is 6.07 Å². The topological polar surface area (TPSA) is 41.0 Å². The van der Waals surface area contributed by atoms with Gasteiger partial charge in [0.2, 0.25) is 0 Å². The molecule has 0 bridgehead atoms.